The maximum Gasteiger partial charge on any atom is 0.319 e. The minimum absolute atomic E-state index is 0.00217. The lowest BCUT2D eigenvalue weighted by atomic mass is 9.76. The zero-order valence-corrected chi connectivity index (χ0v) is 19.7. The summed E-state index contributed by atoms with van der Waals surface area (Å²) in [6, 6.07) is 17.2. The molecule has 3 N–H and O–H groups in total. The van der Waals surface area contributed by atoms with Crippen LogP contribution >= 0.6 is 23.1 Å². The lowest BCUT2D eigenvalue weighted by Gasteiger charge is -2.37. The fourth-order valence-corrected chi connectivity index (χ4v) is 4.98. The number of benzene rings is 2. The summed E-state index contributed by atoms with van der Waals surface area (Å²) in [6.07, 6.45) is 0.842. The topological polar surface area (TPSA) is 75.3 Å². The van der Waals surface area contributed by atoms with E-state index in [4.69, 9.17) is 20.7 Å². The van der Waals surface area contributed by atoms with Gasteiger partial charge in [0.05, 0.1) is 12.8 Å². The first-order chi connectivity index (χ1) is 15.5. The molecule has 168 valence electrons. The minimum atomic E-state index is -0.216. The standard InChI is InChI=1S/C24H27ClN4O2S/c1-15-13-22(29-32-15)23(16-3-9-19(31-2)10-4-16)20-14-26-12-11-21(20)28-24(30)27-18-7-5-17(25)6-8-18/h3-10,13,20-21,23,26H,11-12,14H2,1-2H3,(H2,27,28,30). The number of aryl methyl sites for hydroxylation is 1. The number of piperidine rings is 1. The van der Waals surface area contributed by atoms with Crippen molar-refractivity contribution >= 4 is 34.9 Å². The smallest absolute Gasteiger partial charge is 0.319 e. The van der Waals surface area contributed by atoms with Gasteiger partial charge in [-0.1, -0.05) is 23.7 Å². The van der Waals surface area contributed by atoms with Crippen molar-refractivity contribution in [2.75, 3.05) is 25.5 Å². The average molecular weight is 471 g/mol. The molecule has 2 aromatic carbocycles. The number of carbonyl (C=O) groups is 1. The molecule has 32 heavy (non-hydrogen) atoms. The number of aromatic nitrogens is 1. The van der Waals surface area contributed by atoms with E-state index in [0.29, 0.717) is 10.7 Å². The minimum Gasteiger partial charge on any atom is -0.497 e. The Labute approximate surface area is 197 Å². The van der Waals surface area contributed by atoms with Crippen molar-refractivity contribution in [2.24, 2.45) is 5.92 Å². The van der Waals surface area contributed by atoms with Gasteiger partial charge in [0.15, 0.2) is 0 Å². The Bertz CT molecular complexity index is 1040. The molecule has 1 aromatic heterocycles. The van der Waals surface area contributed by atoms with Crippen molar-refractivity contribution in [3.8, 4) is 5.75 Å². The second-order valence-corrected chi connectivity index (χ2v) is 9.43. The summed E-state index contributed by atoms with van der Waals surface area (Å²) in [5.41, 5.74) is 2.91. The van der Waals surface area contributed by atoms with Crippen molar-refractivity contribution in [3.63, 3.8) is 0 Å². The van der Waals surface area contributed by atoms with Crippen LogP contribution in [0.25, 0.3) is 0 Å². The highest BCUT2D eigenvalue weighted by Gasteiger charge is 2.36. The number of rotatable bonds is 6. The predicted molar refractivity (Wildman–Crippen MR) is 130 cm³/mol. The molecule has 0 radical (unpaired) electrons. The van der Waals surface area contributed by atoms with E-state index >= 15 is 0 Å². The van der Waals surface area contributed by atoms with Crippen LogP contribution in [-0.4, -0.2) is 36.6 Å². The van der Waals surface area contributed by atoms with E-state index in [-0.39, 0.29) is 23.9 Å². The van der Waals surface area contributed by atoms with Gasteiger partial charge in [-0.2, -0.15) is 4.37 Å². The van der Waals surface area contributed by atoms with Crippen LogP contribution in [0.3, 0.4) is 0 Å². The van der Waals surface area contributed by atoms with Crippen molar-refractivity contribution in [2.45, 2.75) is 25.3 Å². The number of urea groups is 1. The van der Waals surface area contributed by atoms with Crippen LogP contribution in [0, 0.1) is 12.8 Å². The Morgan fingerprint density at radius 2 is 1.97 bits per heavy atom. The number of nitrogens with zero attached hydrogens (tertiary/aromatic N) is 1. The first kappa shape index (κ1) is 22.6. The number of hydrogen-bond donors (Lipinski definition) is 3. The van der Waals surface area contributed by atoms with Crippen LogP contribution in [0.15, 0.2) is 54.6 Å². The molecule has 6 nitrogen and oxygen atoms in total. The van der Waals surface area contributed by atoms with E-state index < -0.39 is 0 Å². The molecule has 3 atom stereocenters. The summed E-state index contributed by atoms with van der Waals surface area (Å²) in [7, 11) is 1.67. The van der Waals surface area contributed by atoms with E-state index in [0.717, 1.165) is 36.5 Å². The number of carbonyl (C=O) groups excluding carboxylic acids is 1. The molecule has 1 saturated heterocycles. The Morgan fingerprint density at radius 3 is 2.62 bits per heavy atom. The second-order valence-electron chi connectivity index (χ2n) is 7.98. The molecule has 1 aliphatic rings. The molecule has 1 fully saturated rings. The van der Waals surface area contributed by atoms with Crippen LogP contribution in [-0.2, 0) is 0 Å². The number of ether oxygens (including phenoxy) is 1. The Balaban J connectivity index is 1.57. The summed E-state index contributed by atoms with van der Waals surface area (Å²) in [4.78, 5) is 14.0. The highest BCUT2D eigenvalue weighted by molar-refractivity contribution is 7.05. The first-order valence-electron chi connectivity index (χ1n) is 10.6. The summed E-state index contributed by atoms with van der Waals surface area (Å²) in [6.45, 7) is 3.72. The van der Waals surface area contributed by atoms with Gasteiger partial charge in [-0.3, -0.25) is 0 Å². The van der Waals surface area contributed by atoms with E-state index in [1.54, 1.807) is 31.4 Å². The molecule has 4 rings (SSSR count). The van der Waals surface area contributed by atoms with Crippen LogP contribution in [0.5, 0.6) is 5.75 Å². The molecule has 2 heterocycles. The summed E-state index contributed by atoms with van der Waals surface area (Å²) in [5, 5.41) is 10.3. The molecule has 8 heteroatoms. The van der Waals surface area contributed by atoms with Gasteiger partial charge in [0.1, 0.15) is 5.75 Å². The number of hydrogen-bond acceptors (Lipinski definition) is 5. The third-order valence-electron chi connectivity index (χ3n) is 5.82. The maximum absolute atomic E-state index is 12.8. The molecule has 0 aliphatic carbocycles. The lowest BCUT2D eigenvalue weighted by Crippen LogP contribution is -2.52. The normalized spacial score (nSPS) is 19.2. The van der Waals surface area contributed by atoms with Crippen molar-refractivity contribution < 1.29 is 9.53 Å². The van der Waals surface area contributed by atoms with Gasteiger partial charge in [0, 0.05) is 40.0 Å². The van der Waals surface area contributed by atoms with Gasteiger partial charge in [0.2, 0.25) is 0 Å². The van der Waals surface area contributed by atoms with Gasteiger partial charge >= 0.3 is 6.03 Å². The van der Waals surface area contributed by atoms with Crippen molar-refractivity contribution in [1.29, 1.82) is 0 Å². The quantitative estimate of drug-likeness (QED) is 0.471. The number of halogens is 1. The van der Waals surface area contributed by atoms with E-state index in [2.05, 4.69) is 41.1 Å². The SMILES string of the molecule is COc1ccc(C(c2cc(C)sn2)C2CNCCC2NC(=O)Nc2ccc(Cl)cc2)cc1. The van der Waals surface area contributed by atoms with E-state index in [1.807, 2.05) is 12.1 Å². The number of methoxy groups -OCH3 is 1. The molecule has 3 aromatic rings. The fraction of sp³-hybridized carbons (Fsp3) is 0.333. The van der Waals surface area contributed by atoms with Crippen molar-refractivity contribution in [3.05, 3.63) is 75.8 Å². The van der Waals surface area contributed by atoms with Gasteiger partial charge in [-0.15, -0.1) is 0 Å². The first-order valence-corrected chi connectivity index (χ1v) is 11.8. The van der Waals surface area contributed by atoms with Crippen LogP contribution in [0.4, 0.5) is 10.5 Å². The zero-order chi connectivity index (χ0) is 22.5. The summed E-state index contributed by atoms with van der Waals surface area (Å²) in [5.74, 6) is 1.02. The number of anilines is 1. The molecule has 0 bridgehead atoms. The second kappa shape index (κ2) is 10.3. The van der Waals surface area contributed by atoms with Gasteiger partial charge in [-0.05, 0) is 79.4 Å². The lowest BCUT2D eigenvalue weighted by molar-refractivity contribution is 0.226. The fourth-order valence-electron chi connectivity index (χ4n) is 4.26. The largest absolute Gasteiger partial charge is 0.497 e. The molecular weight excluding hydrogens is 444 g/mol. The summed E-state index contributed by atoms with van der Waals surface area (Å²) < 4.78 is 10.1. The highest BCUT2D eigenvalue weighted by Crippen LogP contribution is 2.37. The van der Waals surface area contributed by atoms with Crippen molar-refractivity contribution in [1.82, 2.24) is 15.0 Å². The molecule has 1 aliphatic heterocycles. The molecular formula is C24H27ClN4O2S. The molecule has 0 spiro atoms. The van der Waals surface area contributed by atoms with Crippen LogP contribution < -0.4 is 20.7 Å². The van der Waals surface area contributed by atoms with E-state index in [1.165, 1.54) is 16.4 Å². The van der Waals surface area contributed by atoms with Crippen LogP contribution in [0.2, 0.25) is 5.02 Å². The molecule has 3 unspecified atom stereocenters. The van der Waals surface area contributed by atoms with E-state index in [9.17, 15) is 4.79 Å². The van der Waals surface area contributed by atoms with Gasteiger partial charge in [0.25, 0.3) is 0 Å². The maximum atomic E-state index is 12.8. The number of amides is 2. The number of nitrogens with one attached hydrogen (secondary N) is 3. The zero-order valence-electron chi connectivity index (χ0n) is 18.1. The molecule has 2 amide bonds. The highest BCUT2D eigenvalue weighted by atomic mass is 35.5. The van der Waals surface area contributed by atoms with Crippen LogP contribution in [0.1, 0.15) is 28.5 Å². The Hall–Kier alpha value is -2.61. The third-order valence-corrected chi connectivity index (χ3v) is 6.78. The van der Waals surface area contributed by atoms with Gasteiger partial charge < -0.3 is 20.7 Å². The predicted octanol–water partition coefficient (Wildman–Crippen LogP) is 5.05. The van der Waals surface area contributed by atoms with Gasteiger partial charge in [-0.25, -0.2) is 4.79 Å². The Kier molecular flexibility index (Phi) is 7.29. The monoisotopic (exact) mass is 470 g/mol. The third kappa shape index (κ3) is 5.41. The summed E-state index contributed by atoms with van der Waals surface area (Å²) >= 11 is 7.46. The average Bonchev–Trinajstić information content (AvgIpc) is 3.23. The molecule has 0 saturated carbocycles. The Morgan fingerprint density at radius 1 is 1.22 bits per heavy atom.